The molecule has 1 aromatic heterocycles. The van der Waals surface area contributed by atoms with Crippen LogP contribution >= 0.6 is 0 Å². The lowest BCUT2D eigenvalue weighted by molar-refractivity contribution is 0.102. The lowest BCUT2D eigenvalue weighted by atomic mass is 10.2. The lowest BCUT2D eigenvalue weighted by Gasteiger charge is -2.26. The van der Waals surface area contributed by atoms with Crippen molar-refractivity contribution in [2.45, 2.75) is 25.8 Å². The molecule has 1 aromatic carbocycles. The first kappa shape index (κ1) is 20.3. The maximum absolute atomic E-state index is 13.0. The van der Waals surface area contributed by atoms with Crippen LogP contribution in [0.1, 0.15) is 40.8 Å². The average Bonchev–Trinajstić information content (AvgIpc) is 3.14. The molecule has 0 bridgehead atoms. The first-order valence-electron chi connectivity index (χ1n) is 8.80. The van der Waals surface area contributed by atoms with Gasteiger partial charge in [0.25, 0.3) is 16.1 Å². The molecule has 150 valence electrons. The van der Waals surface area contributed by atoms with E-state index in [4.69, 9.17) is 0 Å². The number of carbonyl (C=O) groups excluding carboxylic acids is 1. The Morgan fingerprint density at radius 3 is 2.57 bits per heavy atom. The standard InChI is InChI=1S/C18H22FN5O3S/c1-12-15(18(25)22-14-8-6-13(19)7-9-14)11-20-17(21-12)16-5-4-10-24(16)28(26,27)23(2)3/h6-9,11,16H,4-5,10H2,1-3H3,(H,22,25)/t16-/m1/s1. The van der Waals surface area contributed by atoms with Crippen LogP contribution < -0.4 is 5.32 Å². The number of carbonyl (C=O) groups is 1. The van der Waals surface area contributed by atoms with E-state index >= 15 is 0 Å². The van der Waals surface area contributed by atoms with E-state index < -0.39 is 28.0 Å². The Kier molecular flexibility index (Phi) is 5.73. The van der Waals surface area contributed by atoms with Crippen LogP contribution in [0.2, 0.25) is 0 Å². The minimum atomic E-state index is -3.58. The summed E-state index contributed by atoms with van der Waals surface area (Å²) in [6, 6.07) is 4.96. The van der Waals surface area contributed by atoms with Crippen molar-refractivity contribution in [3.8, 4) is 0 Å². The molecule has 1 saturated heterocycles. The van der Waals surface area contributed by atoms with Gasteiger partial charge >= 0.3 is 0 Å². The van der Waals surface area contributed by atoms with Gasteiger partial charge in [-0.15, -0.1) is 0 Å². The fourth-order valence-corrected chi connectivity index (χ4v) is 4.38. The highest BCUT2D eigenvalue weighted by Crippen LogP contribution is 2.33. The zero-order valence-electron chi connectivity index (χ0n) is 15.9. The summed E-state index contributed by atoms with van der Waals surface area (Å²) in [6.07, 6.45) is 2.73. The first-order chi connectivity index (χ1) is 13.2. The molecule has 0 radical (unpaired) electrons. The highest BCUT2D eigenvalue weighted by molar-refractivity contribution is 7.86. The van der Waals surface area contributed by atoms with Crippen LogP contribution in [0.4, 0.5) is 10.1 Å². The second-order valence-electron chi connectivity index (χ2n) is 6.75. The summed E-state index contributed by atoms with van der Waals surface area (Å²) < 4.78 is 40.6. The normalized spacial score (nSPS) is 17.8. The van der Waals surface area contributed by atoms with Crippen LogP contribution in [0.5, 0.6) is 0 Å². The Hall–Kier alpha value is -2.43. The quantitative estimate of drug-likeness (QED) is 0.819. The third-order valence-electron chi connectivity index (χ3n) is 4.60. The molecular formula is C18H22FN5O3S. The van der Waals surface area contributed by atoms with Crippen LogP contribution in [0.3, 0.4) is 0 Å². The van der Waals surface area contributed by atoms with Crippen molar-refractivity contribution in [3.63, 3.8) is 0 Å². The molecule has 2 aromatic rings. The molecular weight excluding hydrogens is 385 g/mol. The molecule has 2 heterocycles. The highest BCUT2D eigenvalue weighted by atomic mass is 32.2. The summed E-state index contributed by atoms with van der Waals surface area (Å²) in [5.41, 5.74) is 1.17. The van der Waals surface area contributed by atoms with Crippen molar-refractivity contribution in [1.82, 2.24) is 18.6 Å². The predicted molar refractivity (Wildman–Crippen MR) is 102 cm³/mol. The van der Waals surface area contributed by atoms with Gasteiger partial charge in [-0.05, 0) is 44.0 Å². The molecule has 1 N–H and O–H groups in total. The van der Waals surface area contributed by atoms with E-state index in [2.05, 4.69) is 15.3 Å². The van der Waals surface area contributed by atoms with Gasteiger partial charge in [0, 0.05) is 32.5 Å². The number of anilines is 1. The second-order valence-corrected chi connectivity index (χ2v) is 8.84. The lowest BCUT2D eigenvalue weighted by Crippen LogP contribution is -2.40. The Balaban J connectivity index is 1.82. The van der Waals surface area contributed by atoms with Gasteiger partial charge in [-0.25, -0.2) is 14.4 Å². The van der Waals surface area contributed by atoms with Crippen molar-refractivity contribution >= 4 is 21.8 Å². The van der Waals surface area contributed by atoms with Crippen LogP contribution in [0.25, 0.3) is 0 Å². The number of aryl methyl sites for hydroxylation is 1. The number of hydrogen-bond donors (Lipinski definition) is 1. The van der Waals surface area contributed by atoms with Crippen molar-refractivity contribution in [1.29, 1.82) is 0 Å². The van der Waals surface area contributed by atoms with Crippen LogP contribution in [0.15, 0.2) is 30.5 Å². The third-order valence-corrected chi connectivity index (χ3v) is 6.56. The van der Waals surface area contributed by atoms with E-state index in [0.29, 0.717) is 36.6 Å². The Labute approximate surface area is 163 Å². The van der Waals surface area contributed by atoms with Crippen molar-refractivity contribution < 1.29 is 17.6 Å². The number of nitrogens with one attached hydrogen (secondary N) is 1. The average molecular weight is 407 g/mol. The fourth-order valence-electron chi connectivity index (χ4n) is 3.08. The van der Waals surface area contributed by atoms with Crippen molar-refractivity contribution in [2.75, 3.05) is 26.0 Å². The SMILES string of the molecule is Cc1nc([C@H]2CCCN2S(=O)(=O)N(C)C)ncc1C(=O)Nc1ccc(F)cc1. The molecule has 0 unspecified atom stereocenters. The Morgan fingerprint density at radius 2 is 1.96 bits per heavy atom. The van der Waals surface area contributed by atoms with E-state index in [9.17, 15) is 17.6 Å². The van der Waals surface area contributed by atoms with Gasteiger partial charge in [-0.3, -0.25) is 4.79 Å². The zero-order chi connectivity index (χ0) is 20.5. The molecule has 8 nitrogen and oxygen atoms in total. The summed E-state index contributed by atoms with van der Waals surface area (Å²) in [4.78, 5) is 21.1. The smallest absolute Gasteiger partial charge is 0.282 e. The maximum Gasteiger partial charge on any atom is 0.282 e. The van der Waals surface area contributed by atoms with Gasteiger partial charge in [-0.2, -0.15) is 17.0 Å². The van der Waals surface area contributed by atoms with Gasteiger partial charge in [0.1, 0.15) is 11.6 Å². The molecule has 1 aliphatic heterocycles. The van der Waals surface area contributed by atoms with Crippen molar-refractivity contribution in [3.05, 3.63) is 53.4 Å². The highest BCUT2D eigenvalue weighted by Gasteiger charge is 2.38. The van der Waals surface area contributed by atoms with E-state index in [1.807, 2.05) is 0 Å². The summed E-state index contributed by atoms with van der Waals surface area (Å²) >= 11 is 0. The zero-order valence-corrected chi connectivity index (χ0v) is 16.7. The van der Waals surface area contributed by atoms with Gasteiger partial charge in [0.05, 0.1) is 17.3 Å². The largest absolute Gasteiger partial charge is 0.322 e. The van der Waals surface area contributed by atoms with E-state index in [0.717, 1.165) is 0 Å². The van der Waals surface area contributed by atoms with E-state index in [1.54, 1.807) is 6.92 Å². The number of rotatable bonds is 5. The molecule has 0 aliphatic carbocycles. The summed E-state index contributed by atoms with van der Waals surface area (Å²) in [5, 5.41) is 2.66. The maximum atomic E-state index is 13.0. The monoisotopic (exact) mass is 407 g/mol. The number of aromatic nitrogens is 2. The summed E-state index contributed by atoms with van der Waals surface area (Å²) in [6.45, 7) is 2.07. The summed E-state index contributed by atoms with van der Waals surface area (Å²) in [5.74, 6) is -0.436. The van der Waals surface area contributed by atoms with Gasteiger partial charge < -0.3 is 5.32 Å². The topological polar surface area (TPSA) is 95.5 Å². The molecule has 1 aliphatic rings. The number of halogens is 1. The number of hydrogen-bond acceptors (Lipinski definition) is 5. The molecule has 3 rings (SSSR count). The van der Waals surface area contributed by atoms with Gasteiger partial charge in [0.2, 0.25) is 0 Å². The van der Waals surface area contributed by atoms with Gasteiger partial charge in [0.15, 0.2) is 0 Å². The molecule has 1 amide bonds. The third kappa shape index (κ3) is 4.03. The molecule has 1 atom stereocenters. The number of benzene rings is 1. The minimum Gasteiger partial charge on any atom is -0.322 e. The van der Waals surface area contributed by atoms with Crippen molar-refractivity contribution in [2.24, 2.45) is 0 Å². The van der Waals surface area contributed by atoms with E-state index in [-0.39, 0.29) is 5.56 Å². The molecule has 0 spiro atoms. The van der Waals surface area contributed by atoms with Gasteiger partial charge in [-0.1, -0.05) is 0 Å². The molecule has 1 fully saturated rings. The van der Waals surface area contributed by atoms with Crippen LogP contribution in [0, 0.1) is 12.7 Å². The number of nitrogens with zero attached hydrogens (tertiary/aromatic N) is 4. The fraction of sp³-hybridized carbons (Fsp3) is 0.389. The minimum absolute atomic E-state index is 0.271. The Bertz CT molecular complexity index is 979. The summed E-state index contributed by atoms with van der Waals surface area (Å²) in [7, 11) is -0.609. The molecule has 0 saturated carbocycles. The Morgan fingerprint density at radius 1 is 1.29 bits per heavy atom. The molecule has 10 heteroatoms. The number of amides is 1. The van der Waals surface area contributed by atoms with E-state index in [1.165, 1.54) is 53.2 Å². The van der Waals surface area contributed by atoms with Crippen LogP contribution in [-0.2, 0) is 10.2 Å². The predicted octanol–water partition coefficient (Wildman–Crippen LogP) is 2.12. The first-order valence-corrected chi connectivity index (χ1v) is 10.2. The molecule has 28 heavy (non-hydrogen) atoms. The second kappa shape index (κ2) is 7.90. The van der Waals surface area contributed by atoms with Crippen LogP contribution in [-0.4, -0.2) is 53.5 Å².